The number of nitrogens with zero attached hydrogens (tertiary/aromatic N) is 1. The van der Waals surface area contributed by atoms with Crippen LogP contribution in [0.3, 0.4) is 0 Å². The van der Waals surface area contributed by atoms with Gasteiger partial charge in [0.15, 0.2) is 11.9 Å². The van der Waals surface area contributed by atoms with Crippen molar-refractivity contribution in [2.75, 3.05) is 6.26 Å². The minimum Gasteiger partial charge on any atom is -0.451 e. The minimum atomic E-state index is -0.646. The second-order valence-corrected chi connectivity index (χ2v) is 7.77. The third-order valence-corrected chi connectivity index (χ3v) is 5.90. The summed E-state index contributed by atoms with van der Waals surface area (Å²) in [5.41, 5.74) is 1.21. The second kappa shape index (κ2) is 7.01. The van der Waals surface area contributed by atoms with Crippen LogP contribution in [-0.2, 0) is 4.74 Å². The average Bonchev–Trinajstić information content (AvgIpc) is 2.89. The van der Waals surface area contributed by atoms with Crippen LogP contribution in [0, 0.1) is 13.8 Å². The number of esters is 1. The Morgan fingerprint density at radius 1 is 1.28 bits per heavy atom. The highest BCUT2D eigenvalue weighted by Crippen LogP contribution is 2.27. The zero-order valence-corrected chi connectivity index (χ0v) is 16.0. The van der Waals surface area contributed by atoms with E-state index in [9.17, 15) is 9.59 Å². The van der Waals surface area contributed by atoms with E-state index in [0.717, 1.165) is 15.3 Å². The Kier molecular flexibility index (Phi) is 4.96. The molecule has 3 aromatic rings. The van der Waals surface area contributed by atoms with Crippen LogP contribution in [0.5, 0.6) is 0 Å². The van der Waals surface area contributed by atoms with E-state index in [4.69, 9.17) is 4.74 Å². The van der Waals surface area contributed by atoms with Crippen molar-refractivity contribution in [1.82, 2.24) is 9.97 Å². The van der Waals surface area contributed by atoms with Crippen LogP contribution in [0.1, 0.15) is 39.7 Å². The van der Waals surface area contributed by atoms with Crippen LogP contribution in [0.15, 0.2) is 34.0 Å². The number of ether oxygens (including phenoxy) is 1. The molecule has 2 heterocycles. The van der Waals surface area contributed by atoms with Gasteiger partial charge in [-0.05, 0) is 56.9 Å². The van der Waals surface area contributed by atoms with Gasteiger partial charge in [-0.3, -0.25) is 4.79 Å². The number of carbonyl (C=O) groups is 1. The molecule has 0 aliphatic carbocycles. The Bertz CT molecular complexity index is 990. The summed E-state index contributed by atoms with van der Waals surface area (Å²) in [4.78, 5) is 34.6. The number of aromatic amines is 1. The smallest absolute Gasteiger partial charge is 0.338 e. The third-order valence-electron chi connectivity index (χ3n) is 4.05. The molecule has 0 radical (unpaired) electrons. The first-order chi connectivity index (χ1) is 11.9. The number of rotatable bonds is 4. The van der Waals surface area contributed by atoms with E-state index < -0.39 is 12.1 Å². The molecular formula is C18H18N2O3S2. The lowest BCUT2D eigenvalue weighted by atomic mass is 10.2. The number of hydrogen-bond donors (Lipinski definition) is 1. The van der Waals surface area contributed by atoms with Gasteiger partial charge in [0.1, 0.15) is 4.83 Å². The molecule has 5 nitrogen and oxygen atoms in total. The lowest BCUT2D eigenvalue weighted by molar-refractivity contribution is 0.0320. The first-order valence-corrected chi connectivity index (χ1v) is 9.79. The molecule has 0 unspecified atom stereocenters. The van der Waals surface area contributed by atoms with Crippen LogP contribution in [0.2, 0.25) is 0 Å². The largest absolute Gasteiger partial charge is 0.451 e. The third kappa shape index (κ3) is 3.48. The molecule has 0 saturated heterocycles. The fourth-order valence-electron chi connectivity index (χ4n) is 2.48. The Morgan fingerprint density at radius 2 is 1.96 bits per heavy atom. The highest BCUT2D eigenvalue weighted by Gasteiger charge is 2.19. The Morgan fingerprint density at radius 3 is 2.60 bits per heavy atom. The van der Waals surface area contributed by atoms with Gasteiger partial charge in [0.2, 0.25) is 0 Å². The maximum Gasteiger partial charge on any atom is 0.338 e. The highest BCUT2D eigenvalue weighted by atomic mass is 32.2. The molecule has 0 aliphatic heterocycles. The molecule has 2 aromatic heterocycles. The van der Waals surface area contributed by atoms with Gasteiger partial charge in [-0.2, -0.15) is 0 Å². The molecule has 0 fully saturated rings. The van der Waals surface area contributed by atoms with Crippen molar-refractivity contribution < 1.29 is 9.53 Å². The van der Waals surface area contributed by atoms with Crippen LogP contribution in [-0.4, -0.2) is 22.2 Å². The highest BCUT2D eigenvalue weighted by molar-refractivity contribution is 7.98. The van der Waals surface area contributed by atoms with Crippen molar-refractivity contribution in [1.29, 1.82) is 0 Å². The number of thioether (sulfide) groups is 1. The molecule has 0 amide bonds. The van der Waals surface area contributed by atoms with E-state index in [0.29, 0.717) is 21.6 Å². The Balaban J connectivity index is 1.85. The van der Waals surface area contributed by atoms with Crippen LogP contribution in [0.25, 0.3) is 10.2 Å². The van der Waals surface area contributed by atoms with Crippen LogP contribution in [0.4, 0.5) is 0 Å². The summed E-state index contributed by atoms with van der Waals surface area (Å²) in [5.74, 6) is -0.0886. The van der Waals surface area contributed by atoms with Crippen LogP contribution < -0.4 is 5.56 Å². The topological polar surface area (TPSA) is 72.0 Å². The number of fused-ring (bicyclic) bond motifs is 1. The van der Waals surface area contributed by atoms with E-state index in [1.807, 2.05) is 32.2 Å². The zero-order valence-electron chi connectivity index (χ0n) is 14.4. The molecule has 1 aromatic carbocycles. The summed E-state index contributed by atoms with van der Waals surface area (Å²) in [7, 11) is 0. The van der Waals surface area contributed by atoms with Crippen molar-refractivity contribution in [3.8, 4) is 0 Å². The van der Waals surface area contributed by atoms with Gasteiger partial charge >= 0.3 is 5.97 Å². The van der Waals surface area contributed by atoms with Crippen molar-refractivity contribution in [2.24, 2.45) is 0 Å². The molecule has 0 bridgehead atoms. The SMILES string of the molecule is CSc1ccc(C(=O)O[C@@H](C)c2nc3sc(C)c(C)c3c(=O)[nH]2)cc1. The van der Waals surface area contributed by atoms with Gasteiger partial charge < -0.3 is 9.72 Å². The van der Waals surface area contributed by atoms with Crippen molar-refractivity contribution >= 4 is 39.3 Å². The van der Waals surface area contributed by atoms with E-state index >= 15 is 0 Å². The van der Waals surface area contributed by atoms with E-state index in [2.05, 4.69) is 9.97 Å². The summed E-state index contributed by atoms with van der Waals surface area (Å²) < 4.78 is 5.46. The molecule has 0 spiro atoms. The van der Waals surface area contributed by atoms with Crippen molar-refractivity contribution in [3.05, 3.63) is 56.4 Å². The van der Waals surface area contributed by atoms with E-state index in [1.165, 1.54) is 11.3 Å². The maximum atomic E-state index is 12.3. The van der Waals surface area contributed by atoms with Gasteiger partial charge in [0.05, 0.1) is 10.9 Å². The summed E-state index contributed by atoms with van der Waals surface area (Å²) in [6, 6.07) is 7.20. The molecule has 0 aliphatic rings. The molecule has 0 saturated carbocycles. The number of nitrogens with one attached hydrogen (secondary N) is 1. The second-order valence-electron chi connectivity index (χ2n) is 5.69. The average molecular weight is 374 g/mol. The predicted octanol–water partition coefficient (Wildman–Crippen LogP) is 4.24. The van der Waals surface area contributed by atoms with Crippen molar-refractivity contribution in [3.63, 3.8) is 0 Å². The monoisotopic (exact) mass is 374 g/mol. The first-order valence-electron chi connectivity index (χ1n) is 7.75. The Labute approximate surface area is 153 Å². The fraction of sp³-hybridized carbons (Fsp3) is 0.278. The molecule has 1 N–H and O–H groups in total. The fourth-order valence-corrected chi connectivity index (χ4v) is 3.92. The molecular weight excluding hydrogens is 356 g/mol. The molecule has 7 heteroatoms. The van der Waals surface area contributed by atoms with Gasteiger partial charge in [-0.1, -0.05) is 0 Å². The lowest BCUT2D eigenvalue weighted by Crippen LogP contribution is -2.17. The number of carbonyl (C=O) groups excluding carboxylic acids is 1. The molecule has 1 atom stereocenters. The summed E-state index contributed by atoms with van der Waals surface area (Å²) in [5, 5.41) is 0.609. The predicted molar refractivity (Wildman–Crippen MR) is 102 cm³/mol. The molecule has 25 heavy (non-hydrogen) atoms. The van der Waals surface area contributed by atoms with Gasteiger partial charge in [-0.25, -0.2) is 9.78 Å². The van der Waals surface area contributed by atoms with Gasteiger partial charge in [0.25, 0.3) is 5.56 Å². The number of aromatic nitrogens is 2. The van der Waals surface area contributed by atoms with E-state index in [1.54, 1.807) is 30.8 Å². The number of hydrogen-bond acceptors (Lipinski definition) is 6. The number of H-pyrrole nitrogens is 1. The summed E-state index contributed by atoms with van der Waals surface area (Å²) in [6.45, 7) is 5.57. The first kappa shape index (κ1) is 17.7. The maximum absolute atomic E-state index is 12.3. The Hall–Kier alpha value is -2.12. The molecule has 3 rings (SSSR count). The number of benzene rings is 1. The minimum absolute atomic E-state index is 0.200. The van der Waals surface area contributed by atoms with Gasteiger partial charge in [-0.15, -0.1) is 23.1 Å². The number of aryl methyl sites for hydroxylation is 2. The molecule has 130 valence electrons. The standard InChI is InChI=1S/C18H18N2O3S2/c1-9-11(3)25-17-14(9)16(21)19-15(20-17)10(2)23-18(22)12-5-7-13(24-4)8-6-12/h5-8,10H,1-4H3,(H,19,20,21)/t10-/m0/s1. The summed E-state index contributed by atoms with van der Waals surface area (Å²) >= 11 is 3.08. The number of thiophene rings is 1. The van der Waals surface area contributed by atoms with E-state index in [-0.39, 0.29) is 5.56 Å². The quantitative estimate of drug-likeness (QED) is 0.546. The lowest BCUT2D eigenvalue weighted by Gasteiger charge is -2.12. The zero-order chi connectivity index (χ0) is 18.1. The summed E-state index contributed by atoms with van der Waals surface area (Å²) in [6.07, 6.45) is 1.33. The normalized spacial score (nSPS) is 12.3. The van der Waals surface area contributed by atoms with Crippen LogP contribution >= 0.6 is 23.1 Å². The van der Waals surface area contributed by atoms with Gasteiger partial charge in [0, 0.05) is 9.77 Å². The van der Waals surface area contributed by atoms with Crippen molar-refractivity contribution in [2.45, 2.75) is 31.8 Å².